The van der Waals surface area contributed by atoms with Gasteiger partial charge >= 0.3 is 0 Å². The molecule has 0 saturated carbocycles. The SMILES string of the molecule is Nc1ccc2c(Cl)ccc(Cl)c2n1. The lowest BCUT2D eigenvalue weighted by molar-refractivity contribution is 1.41. The summed E-state index contributed by atoms with van der Waals surface area (Å²) >= 11 is 11.9. The van der Waals surface area contributed by atoms with Crippen molar-refractivity contribution in [3.8, 4) is 0 Å². The zero-order valence-corrected chi connectivity index (χ0v) is 8.10. The first-order chi connectivity index (χ1) is 6.18. The molecule has 0 aliphatic heterocycles. The summed E-state index contributed by atoms with van der Waals surface area (Å²) in [5.41, 5.74) is 6.18. The van der Waals surface area contributed by atoms with E-state index >= 15 is 0 Å². The van der Waals surface area contributed by atoms with Crippen molar-refractivity contribution < 1.29 is 0 Å². The lowest BCUT2D eigenvalue weighted by atomic mass is 10.2. The summed E-state index contributed by atoms with van der Waals surface area (Å²) in [4.78, 5) is 4.10. The smallest absolute Gasteiger partial charge is 0.124 e. The van der Waals surface area contributed by atoms with E-state index in [1.54, 1.807) is 18.2 Å². The number of rotatable bonds is 0. The van der Waals surface area contributed by atoms with Crippen LogP contribution in [0.5, 0.6) is 0 Å². The summed E-state index contributed by atoms with van der Waals surface area (Å²) in [6.07, 6.45) is 0. The van der Waals surface area contributed by atoms with E-state index in [4.69, 9.17) is 28.9 Å². The van der Waals surface area contributed by atoms with Gasteiger partial charge in [-0.2, -0.15) is 0 Å². The van der Waals surface area contributed by atoms with Gasteiger partial charge in [0.25, 0.3) is 0 Å². The molecule has 0 saturated heterocycles. The number of hydrogen-bond donors (Lipinski definition) is 1. The molecule has 66 valence electrons. The van der Waals surface area contributed by atoms with E-state index in [0.717, 1.165) is 5.39 Å². The Hall–Kier alpha value is -0.990. The molecule has 4 heteroatoms. The number of aromatic nitrogens is 1. The highest BCUT2D eigenvalue weighted by Gasteiger charge is 2.04. The van der Waals surface area contributed by atoms with Gasteiger partial charge in [0.2, 0.25) is 0 Å². The molecule has 13 heavy (non-hydrogen) atoms. The van der Waals surface area contributed by atoms with E-state index in [-0.39, 0.29) is 0 Å². The molecule has 1 heterocycles. The van der Waals surface area contributed by atoms with Crippen molar-refractivity contribution in [2.45, 2.75) is 0 Å². The van der Waals surface area contributed by atoms with Crippen molar-refractivity contribution in [1.82, 2.24) is 4.98 Å². The number of benzene rings is 1. The van der Waals surface area contributed by atoms with E-state index < -0.39 is 0 Å². The molecular weight excluding hydrogens is 207 g/mol. The second-order valence-corrected chi connectivity index (χ2v) is 3.48. The van der Waals surface area contributed by atoms with Gasteiger partial charge in [-0.3, -0.25) is 0 Å². The molecule has 2 rings (SSSR count). The molecule has 0 aliphatic carbocycles. The number of pyridine rings is 1. The Morgan fingerprint density at radius 2 is 1.69 bits per heavy atom. The largest absolute Gasteiger partial charge is 0.384 e. The van der Waals surface area contributed by atoms with Crippen LogP contribution in [0.1, 0.15) is 0 Å². The van der Waals surface area contributed by atoms with Crippen molar-refractivity contribution in [2.24, 2.45) is 0 Å². The highest BCUT2D eigenvalue weighted by Crippen LogP contribution is 2.28. The fourth-order valence-corrected chi connectivity index (χ4v) is 1.59. The van der Waals surface area contributed by atoms with Crippen LogP contribution >= 0.6 is 23.2 Å². The minimum absolute atomic E-state index is 0.441. The molecule has 1 aromatic heterocycles. The Morgan fingerprint density at radius 1 is 1.00 bits per heavy atom. The molecule has 2 aromatic rings. The molecule has 1 aromatic carbocycles. The van der Waals surface area contributed by atoms with Gasteiger partial charge in [0.05, 0.1) is 15.6 Å². The Bertz CT molecular complexity index is 468. The van der Waals surface area contributed by atoms with Crippen LogP contribution in [0.2, 0.25) is 10.0 Å². The van der Waals surface area contributed by atoms with E-state index in [0.29, 0.717) is 21.4 Å². The minimum atomic E-state index is 0.441. The first-order valence-corrected chi connectivity index (χ1v) is 4.44. The van der Waals surface area contributed by atoms with Crippen LogP contribution in [0.3, 0.4) is 0 Å². The van der Waals surface area contributed by atoms with E-state index in [9.17, 15) is 0 Å². The molecule has 2 N–H and O–H groups in total. The zero-order valence-electron chi connectivity index (χ0n) is 6.59. The summed E-state index contributed by atoms with van der Waals surface area (Å²) < 4.78 is 0. The highest BCUT2D eigenvalue weighted by molar-refractivity contribution is 6.39. The summed E-state index contributed by atoms with van der Waals surface area (Å²) in [5.74, 6) is 0.441. The highest BCUT2D eigenvalue weighted by atomic mass is 35.5. The molecule has 0 bridgehead atoms. The van der Waals surface area contributed by atoms with Crippen LogP contribution in [0.25, 0.3) is 10.9 Å². The summed E-state index contributed by atoms with van der Waals surface area (Å²) in [5, 5.41) is 2.02. The molecular formula is C9H6Cl2N2. The van der Waals surface area contributed by atoms with Crippen LogP contribution in [-0.2, 0) is 0 Å². The lowest BCUT2D eigenvalue weighted by Crippen LogP contribution is -1.90. The molecule has 0 spiro atoms. The molecule has 0 radical (unpaired) electrons. The molecule has 0 amide bonds. The predicted octanol–water partition coefficient (Wildman–Crippen LogP) is 3.12. The van der Waals surface area contributed by atoms with Crippen LogP contribution in [0, 0.1) is 0 Å². The Labute approximate surface area is 85.3 Å². The average Bonchev–Trinajstić information content (AvgIpc) is 2.12. The predicted molar refractivity (Wildman–Crippen MR) is 56.2 cm³/mol. The van der Waals surface area contributed by atoms with Gasteiger partial charge in [0.15, 0.2) is 0 Å². The van der Waals surface area contributed by atoms with E-state index in [2.05, 4.69) is 4.98 Å². The number of nitrogen functional groups attached to an aromatic ring is 1. The average molecular weight is 213 g/mol. The Kier molecular flexibility index (Phi) is 2.02. The van der Waals surface area contributed by atoms with Crippen LogP contribution < -0.4 is 5.73 Å². The van der Waals surface area contributed by atoms with E-state index in [1.165, 1.54) is 0 Å². The fourth-order valence-electron chi connectivity index (χ4n) is 1.16. The maximum absolute atomic E-state index is 5.94. The summed E-state index contributed by atoms with van der Waals surface area (Å²) in [7, 11) is 0. The number of nitrogens with two attached hydrogens (primary N) is 1. The van der Waals surface area contributed by atoms with Gasteiger partial charge in [0.1, 0.15) is 5.82 Å². The quantitative estimate of drug-likeness (QED) is 0.730. The lowest BCUT2D eigenvalue weighted by Gasteiger charge is -2.02. The zero-order chi connectivity index (χ0) is 9.42. The molecule has 2 nitrogen and oxygen atoms in total. The number of nitrogens with zero attached hydrogens (tertiary/aromatic N) is 1. The van der Waals surface area contributed by atoms with Crippen molar-refractivity contribution in [3.05, 3.63) is 34.3 Å². The van der Waals surface area contributed by atoms with Crippen LogP contribution in [-0.4, -0.2) is 4.98 Å². The fraction of sp³-hybridized carbons (Fsp3) is 0. The topological polar surface area (TPSA) is 38.9 Å². The maximum atomic E-state index is 5.94. The van der Waals surface area contributed by atoms with Crippen LogP contribution in [0.4, 0.5) is 5.82 Å². The van der Waals surface area contributed by atoms with Gasteiger partial charge in [-0.05, 0) is 24.3 Å². The van der Waals surface area contributed by atoms with Gasteiger partial charge in [-0.25, -0.2) is 4.98 Å². The third-order valence-electron chi connectivity index (χ3n) is 1.78. The first kappa shape index (κ1) is 8.60. The van der Waals surface area contributed by atoms with Gasteiger partial charge in [-0.15, -0.1) is 0 Å². The van der Waals surface area contributed by atoms with Crippen molar-refractivity contribution in [2.75, 3.05) is 5.73 Å². The van der Waals surface area contributed by atoms with Gasteiger partial charge in [-0.1, -0.05) is 23.2 Å². The third-order valence-corrected chi connectivity index (χ3v) is 2.41. The maximum Gasteiger partial charge on any atom is 0.124 e. The minimum Gasteiger partial charge on any atom is -0.384 e. The summed E-state index contributed by atoms with van der Waals surface area (Å²) in [6.45, 7) is 0. The standard InChI is InChI=1S/C9H6Cl2N2/c10-6-2-3-7(11)9-5(6)1-4-8(12)13-9/h1-4H,(H2,12,13). The second kappa shape index (κ2) is 3.05. The molecule has 0 aliphatic rings. The number of fused-ring (bicyclic) bond motifs is 1. The summed E-state index contributed by atoms with van der Waals surface area (Å²) in [6, 6.07) is 6.96. The number of halogens is 2. The first-order valence-electron chi connectivity index (χ1n) is 3.69. The second-order valence-electron chi connectivity index (χ2n) is 2.66. The van der Waals surface area contributed by atoms with Crippen molar-refractivity contribution in [1.29, 1.82) is 0 Å². The van der Waals surface area contributed by atoms with E-state index in [1.807, 2.05) is 6.07 Å². The van der Waals surface area contributed by atoms with Gasteiger partial charge < -0.3 is 5.73 Å². The monoisotopic (exact) mass is 212 g/mol. The molecule has 0 fully saturated rings. The number of hydrogen-bond acceptors (Lipinski definition) is 2. The van der Waals surface area contributed by atoms with Crippen molar-refractivity contribution >= 4 is 39.9 Å². The van der Waals surface area contributed by atoms with Gasteiger partial charge in [0, 0.05) is 5.39 Å². The molecule has 0 unspecified atom stereocenters. The molecule has 0 atom stereocenters. The number of anilines is 1. The van der Waals surface area contributed by atoms with Crippen LogP contribution in [0.15, 0.2) is 24.3 Å². The Balaban J connectivity index is 2.92. The van der Waals surface area contributed by atoms with Crippen molar-refractivity contribution in [3.63, 3.8) is 0 Å². The normalized spacial score (nSPS) is 10.6. The Morgan fingerprint density at radius 3 is 2.46 bits per heavy atom. The third kappa shape index (κ3) is 1.43.